The van der Waals surface area contributed by atoms with Crippen molar-refractivity contribution in [2.75, 3.05) is 12.9 Å². The Labute approximate surface area is 128 Å². The number of carbonyl (C=O) groups is 1. The SMILES string of the molecule is CS(=O)(=O)c1ccc(OCC(=O)c2cccc(Cl)c2)cc1. The number of hydrogen-bond acceptors (Lipinski definition) is 4. The fourth-order valence-corrected chi connectivity index (χ4v) is 2.50. The molecule has 0 saturated heterocycles. The Bertz CT molecular complexity index is 751. The largest absolute Gasteiger partial charge is 0.485 e. The van der Waals surface area contributed by atoms with Gasteiger partial charge in [0, 0.05) is 16.8 Å². The van der Waals surface area contributed by atoms with Crippen LogP contribution >= 0.6 is 11.6 Å². The Kier molecular flexibility index (Phi) is 4.65. The van der Waals surface area contributed by atoms with Crippen molar-refractivity contribution in [1.29, 1.82) is 0 Å². The van der Waals surface area contributed by atoms with E-state index in [0.717, 1.165) is 6.26 Å². The molecule has 0 aliphatic heterocycles. The first-order chi connectivity index (χ1) is 9.86. The molecule has 0 fully saturated rings. The van der Waals surface area contributed by atoms with Gasteiger partial charge >= 0.3 is 0 Å². The molecule has 6 heteroatoms. The van der Waals surface area contributed by atoms with E-state index in [4.69, 9.17) is 16.3 Å². The zero-order chi connectivity index (χ0) is 15.5. The summed E-state index contributed by atoms with van der Waals surface area (Å²) in [5.74, 6) is 0.225. The van der Waals surface area contributed by atoms with E-state index < -0.39 is 9.84 Å². The highest BCUT2D eigenvalue weighted by atomic mass is 35.5. The molecule has 0 radical (unpaired) electrons. The number of hydrogen-bond donors (Lipinski definition) is 0. The van der Waals surface area contributed by atoms with E-state index in [0.29, 0.717) is 16.3 Å². The van der Waals surface area contributed by atoms with Crippen molar-refractivity contribution in [3.63, 3.8) is 0 Å². The lowest BCUT2D eigenvalue weighted by Gasteiger charge is -2.06. The van der Waals surface area contributed by atoms with Crippen molar-refractivity contribution in [3.8, 4) is 5.75 Å². The lowest BCUT2D eigenvalue weighted by Crippen LogP contribution is -2.11. The molecule has 4 nitrogen and oxygen atoms in total. The Hall–Kier alpha value is -1.85. The zero-order valence-electron chi connectivity index (χ0n) is 11.2. The number of sulfone groups is 1. The second-order valence-corrected chi connectivity index (χ2v) is 6.92. The van der Waals surface area contributed by atoms with Crippen LogP contribution in [0.25, 0.3) is 0 Å². The summed E-state index contributed by atoms with van der Waals surface area (Å²) in [6, 6.07) is 12.5. The molecule has 0 saturated carbocycles. The lowest BCUT2D eigenvalue weighted by molar-refractivity contribution is 0.0921. The molecule has 2 aromatic carbocycles. The summed E-state index contributed by atoms with van der Waals surface area (Å²) in [6.07, 6.45) is 1.13. The van der Waals surface area contributed by atoms with Crippen LogP contribution in [0.1, 0.15) is 10.4 Å². The van der Waals surface area contributed by atoms with Crippen LogP contribution in [-0.2, 0) is 9.84 Å². The molecule has 0 amide bonds. The van der Waals surface area contributed by atoms with Gasteiger partial charge in [-0.05, 0) is 36.4 Å². The van der Waals surface area contributed by atoms with Crippen LogP contribution in [0.5, 0.6) is 5.75 Å². The highest BCUT2D eigenvalue weighted by Crippen LogP contribution is 2.17. The third kappa shape index (κ3) is 4.31. The fourth-order valence-electron chi connectivity index (χ4n) is 1.68. The summed E-state index contributed by atoms with van der Waals surface area (Å²) in [5.41, 5.74) is 0.468. The van der Waals surface area contributed by atoms with E-state index in [1.165, 1.54) is 24.3 Å². The van der Waals surface area contributed by atoms with Crippen LogP contribution < -0.4 is 4.74 Å². The van der Waals surface area contributed by atoms with E-state index >= 15 is 0 Å². The standard InChI is InChI=1S/C15H13ClO4S/c1-21(18,19)14-7-5-13(6-8-14)20-10-15(17)11-3-2-4-12(16)9-11/h2-9H,10H2,1H3. The molecule has 0 N–H and O–H groups in total. The number of ether oxygens (including phenoxy) is 1. The van der Waals surface area contributed by atoms with Crippen LogP contribution in [0.15, 0.2) is 53.4 Å². The van der Waals surface area contributed by atoms with E-state index in [9.17, 15) is 13.2 Å². The summed E-state index contributed by atoms with van der Waals surface area (Å²) in [4.78, 5) is 12.1. The number of rotatable bonds is 5. The first-order valence-corrected chi connectivity index (χ1v) is 8.35. The molecule has 2 aromatic rings. The van der Waals surface area contributed by atoms with Crippen molar-refractivity contribution < 1.29 is 17.9 Å². The number of carbonyl (C=O) groups excluding carboxylic acids is 1. The minimum Gasteiger partial charge on any atom is -0.485 e. The monoisotopic (exact) mass is 324 g/mol. The summed E-state index contributed by atoms with van der Waals surface area (Å²) in [7, 11) is -3.24. The van der Waals surface area contributed by atoms with Gasteiger partial charge in [0.25, 0.3) is 0 Å². The maximum Gasteiger partial charge on any atom is 0.200 e. The van der Waals surface area contributed by atoms with Crippen LogP contribution in [0.2, 0.25) is 5.02 Å². The molecular weight excluding hydrogens is 312 g/mol. The van der Waals surface area contributed by atoms with Crippen molar-refractivity contribution in [2.45, 2.75) is 4.90 Å². The van der Waals surface area contributed by atoms with E-state index in [1.54, 1.807) is 24.3 Å². The Morgan fingerprint density at radius 1 is 1.14 bits per heavy atom. The number of ketones is 1. The van der Waals surface area contributed by atoms with Gasteiger partial charge in [-0.2, -0.15) is 0 Å². The molecule has 0 atom stereocenters. The molecule has 110 valence electrons. The van der Waals surface area contributed by atoms with Gasteiger partial charge in [-0.15, -0.1) is 0 Å². The summed E-state index contributed by atoms with van der Waals surface area (Å²) >= 11 is 5.82. The van der Waals surface area contributed by atoms with Crippen molar-refractivity contribution >= 4 is 27.2 Å². The van der Waals surface area contributed by atoms with Crippen LogP contribution in [0.4, 0.5) is 0 Å². The first-order valence-electron chi connectivity index (χ1n) is 6.08. The van der Waals surface area contributed by atoms with E-state index in [-0.39, 0.29) is 17.3 Å². The molecule has 21 heavy (non-hydrogen) atoms. The van der Waals surface area contributed by atoms with Gasteiger partial charge < -0.3 is 4.74 Å². The average molecular weight is 325 g/mol. The molecule has 0 heterocycles. The van der Waals surface area contributed by atoms with Gasteiger partial charge in [-0.3, -0.25) is 4.79 Å². The molecule has 2 rings (SSSR count). The van der Waals surface area contributed by atoms with Gasteiger partial charge in [0.05, 0.1) is 4.90 Å². The highest BCUT2D eigenvalue weighted by Gasteiger charge is 2.09. The summed E-state index contributed by atoms with van der Waals surface area (Å²) in [5, 5.41) is 0.485. The third-order valence-electron chi connectivity index (χ3n) is 2.77. The second kappa shape index (κ2) is 6.28. The normalized spacial score (nSPS) is 11.1. The predicted molar refractivity (Wildman–Crippen MR) is 80.8 cm³/mol. The van der Waals surface area contributed by atoms with Gasteiger partial charge in [0.1, 0.15) is 5.75 Å². The molecule has 0 bridgehead atoms. The Balaban J connectivity index is 2.02. The third-order valence-corrected chi connectivity index (χ3v) is 4.13. The van der Waals surface area contributed by atoms with Gasteiger partial charge in [0.15, 0.2) is 22.2 Å². The molecule has 0 aromatic heterocycles. The Morgan fingerprint density at radius 3 is 2.38 bits per heavy atom. The minimum absolute atomic E-state index is 0.140. The van der Waals surface area contributed by atoms with Crippen molar-refractivity contribution in [3.05, 3.63) is 59.1 Å². The quantitative estimate of drug-likeness (QED) is 0.793. The van der Waals surface area contributed by atoms with Crippen LogP contribution in [-0.4, -0.2) is 27.1 Å². The average Bonchev–Trinajstić information content (AvgIpc) is 2.44. The molecular formula is C15H13ClO4S. The minimum atomic E-state index is -3.24. The van der Waals surface area contributed by atoms with Gasteiger partial charge in [0.2, 0.25) is 0 Å². The van der Waals surface area contributed by atoms with Gasteiger partial charge in [-0.1, -0.05) is 23.7 Å². The number of benzene rings is 2. The predicted octanol–water partition coefficient (Wildman–Crippen LogP) is 3.01. The fraction of sp³-hybridized carbons (Fsp3) is 0.133. The van der Waals surface area contributed by atoms with Crippen molar-refractivity contribution in [1.82, 2.24) is 0 Å². The smallest absolute Gasteiger partial charge is 0.200 e. The maximum atomic E-state index is 11.9. The second-order valence-electron chi connectivity index (χ2n) is 4.47. The first kappa shape index (κ1) is 15.5. The number of halogens is 1. The van der Waals surface area contributed by atoms with Crippen LogP contribution in [0, 0.1) is 0 Å². The Morgan fingerprint density at radius 2 is 1.81 bits per heavy atom. The van der Waals surface area contributed by atoms with E-state index in [1.807, 2.05) is 0 Å². The topological polar surface area (TPSA) is 60.4 Å². The maximum absolute atomic E-state index is 11.9. The lowest BCUT2D eigenvalue weighted by atomic mass is 10.1. The number of Topliss-reactive ketones (excluding diaryl/α,β-unsaturated/α-hetero) is 1. The molecule has 0 aliphatic carbocycles. The summed E-state index contributed by atoms with van der Waals surface area (Å²) in [6.45, 7) is -0.140. The molecule has 0 spiro atoms. The zero-order valence-corrected chi connectivity index (χ0v) is 12.8. The summed E-state index contributed by atoms with van der Waals surface area (Å²) < 4.78 is 28.0. The molecule has 0 unspecified atom stereocenters. The van der Waals surface area contributed by atoms with E-state index in [2.05, 4.69) is 0 Å². The van der Waals surface area contributed by atoms with Crippen molar-refractivity contribution in [2.24, 2.45) is 0 Å². The van der Waals surface area contributed by atoms with Crippen LogP contribution in [0.3, 0.4) is 0 Å². The highest BCUT2D eigenvalue weighted by molar-refractivity contribution is 7.90. The van der Waals surface area contributed by atoms with Gasteiger partial charge in [-0.25, -0.2) is 8.42 Å². The molecule has 0 aliphatic rings.